The smallest absolute Gasteiger partial charge is 0.0283 e. The van der Waals surface area contributed by atoms with Crippen LogP contribution in [0.4, 0.5) is 0 Å². The van der Waals surface area contributed by atoms with Gasteiger partial charge in [-0.2, -0.15) is 0 Å². The number of likely N-dealkylation sites (tertiary alicyclic amines) is 1. The Morgan fingerprint density at radius 2 is 1.43 bits per heavy atom. The molecule has 82 valence electrons. The summed E-state index contributed by atoms with van der Waals surface area (Å²) in [5, 5.41) is 0. The Hall–Kier alpha value is -0.0800. The lowest BCUT2D eigenvalue weighted by Gasteiger charge is -2.31. The lowest BCUT2D eigenvalue weighted by atomic mass is 9.98. The highest BCUT2D eigenvalue weighted by atomic mass is 15.1. The van der Waals surface area contributed by atoms with Gasteiger partial charge >= 0.3 is 0 Å². The van der Waals surface area contributed by atoms with Crippen LogP contribution in [-0.2, 0) is 0 Å². The van der Waals surface area contributed by atoms with Gasteiger partial charge in [0.15, 0.2) is 0 Å². The number of hydrogen-bond donors (Lipinski definition) is 1. The standard InChI is InChI=1S/C12H24N2/c13-12(7-3-4-8-12)11-14-9-5-1-2-6-10-14/h1-11,13H2. The number of rotatable bonds is 2. The molecule has 0 amide bonds. The van der Waals surface area contributed by atoms with Gasteiger partial charge < -0.3 is 10.6 Å². The molecule has 1 heterocycles. The van der Waals surface area contributed by atoms with Gasteiger partial charge in [-0.25, -0.2) is 0 Å². The summed E-state index contributed by atoms with van der Waals surface area (Å²) in [5.41, 5.74) is 6.57. The molecular weight excluding hydrogens is 172 g/mol. The summed E-state index contributed by atoms with van der Waals surface area (Å²) in [5.74, 6) is 0. The molecule has 1 aliphatic heterocycles. The fourth-order valence-corrected chi connectivity index (χ4v) is 2.98. The maximum atomic E-state index is 6.40. The summed E-state index contributed by atoms with van der Waals surface area (Å²) in [6, 6.07) is 0. The lowest BCUT2D eigenvalue weighted by Crippen LogP contribution is -2.48. The zero-order valence-electron chi connectivity index (χ0n) is 9.30. The van der Waals surface area contributed by atoms with Gasteiger partial charge in [0.05, 0.1) is 0 Å². The molecule has 0 aromatic rings. The molecule has 0 aromatic heterocycles. The van der Waals surface area contributed by atoms with Crippen molar-refractivity contribution in [3.05, 3.63) is 0 Å². The quantitative estimate of drug-likeness (QED) is 0.733. The van der Waals surface area contributed by atoms with E-state index in [1.807, 2.05) is 0 Å². The summed E-state index contributed by atoms with van der Waals surface area (Å²) in [4.78, 5) is 2.61. The van der Waals surface area contributed by atoms with Crippen molar-refractivity contribution in [3.8, 4) is 0 Å². The van der Waals surface area contributed by atoms with Crippen molar-refractivity contribution in [2.24, 2.45) is 5.73 Å². The van der Waals surface area contributed by atoms with Gasteiger partial charge in [0.2, 0.25) is 0 Å². The molecule has 1 saturated heterocycles. The van der Waals surface area contributed by atoms with E-state index in [9.17, 15) is 0 Å². The highest BCUT2D eigenvalue weighted by molar-refractivity contribution is 4.92. The second-order valence-electron chi connectivity index (χ2n) is 5.26. The van der Waals surface area contributed by atoms with Crippen LogP contribution in [0.2, 0.25) is 0 Å². The van der Waals surface area contributed by atoms with Crippen molar-refractivity contribution >= 4 is 0 Å². The van der Waals surface area contributed by atoms with Gasteiger partial charge in [0, 0.05) is 12.1 Å². The summed E-state index contributed by atoms with van der Waals surface area (Å²) in [7, 11) is 0. The van der Waals surface area contributed by atoms with Crippen LogP contribution in [0, 0.1) is 0 Å². The molecule has 2 heteroatoms. The molecule has 0 spiro atoms. The average Bonchev–Trinajstić information content (AvgIpc) is 2.43. The van der Waals surface area contributed by atoms with E-state index in [1.165, 1.54) is 64.5 Å². The first-order valence-corrected chi connectivity index (χ1v) is 6.30. The molecule has 0 atom stereocenters. The zero-order chi connectivity index (χ0) is 9.86. The number of hydrogen-bond acceptors (Lipinski definition) is 2. The maximum Gasteiger partial charge on any atom is 0.0283 e. The Morgan fingerprint density at radius 1 is 0.857 bits per heavy atom. The topological polar surface area (TPSA) is 29.3 Å². The second-order valence-corrected chi connectivity index (χ2v) is 5.26. The fourth-order valence-electron chi connectivity index (χ4n) is 2.98. The molecule has 0 radical (unpaired) electrons. The Kier molecular flexibility index (Phi) is 3.45. The van der Waals surface area contributed by atoms with Crippen LogP contribution in [0.5, 0.6) is 0 Å². The van der Waals surface area contributed by atoms with Gasteiger partial charge in [-0.1, -0.05) is 25.7 Å². The van der Waals surface area contributed by atoms with E-state index in [2.05, 4.69) is 4.90 Å². The molecule has 2 nitrogen and oxygen atoms in total. The monoisotopic (exact) mass is 196 g/mol. The van der Waals surface area contributed by atoms with Crippen LogP contribution < -0.4 is 5.73 Å². The van der Waals surface area contributed by atoms with Crippen molar-refractivity contribution in [2.75, 3.05) is 19.6 Å². The highest BCUT2D eigenvalue weighted by Gasteiger charge is 2.31. The van der Waals surface area contributed by atoms with Crippen LogP contribution in [0.3, 0.4) is 0 Å². The zero-order valence-corrected chi connectivity index (χ0v) is 9.30. The van der Waals surface area contributed by atoms with E-state index in [-0.39, 0.29) is 5.54 Å². The molecule has 0 unspecified atom stereocenters. The van der Waals surface area contributed by atoms with E-state index in [1.54, 1.807) is 0 Å². The predicted molar refractivity (Wildman–Crippen MR) is 60.3 cm³/mol. The first-order chi connectivity index (χ1) is 6.79. The lowest BCUT2D eigenvalue weighted by molar-refractivity contribution is 0.216. The van der Waals surface area contributed by atoms with Crippen LogP contribution in [0.1, 0.15) is 51.4 Å². The largest absolute Gasteiger partial charge is 0.324 e. The van der Waals surface area contributed by atoms with Crippen LogP contribution in [0.15, 0.2) is 0 Å². The third kappa shape index (κ3) is 2.71. The molecule has 1 aliphatic carbocycles. The molecule has 0 aromatic carbocycles. The first kappa shape index (κ1) is 10.4. The summed E-state index contributed by atoms with van der Waals surface area (Å²) >= 11 is 0. The van der Waals surface area contributed by atoms with Crippen LogP contribution in [0.25, 0.3) is 0 Å². The predicted octanol–water partition coefficient (Wildman–Crippen LogP) is 2.13. The minimum absolute atomic E-state index is 0.171. The summed E-state index contributed by atoms with van der Waals surface area (Å²) < 4.78 is 0. The molecule has 2 fully saturated rings. The Labute approximate surface area is 87.8 Å². The van der Waals surface area contributed by atoms with Crippen molar-refractivity contribution in [1.29, 1.82) is 0 Å². The second kappa shape index (κ2) is 4.63. The van der Waals surface area contributed by atoms with E-state index >= 15 is 0 Å². The van der Waals surface area contributed by atoms with Gasteiger partial charge in [-0.05, 0) is 38.8 Å². The maximum absolute atomic E-state index is 6.40. The Balaban J connectivity index is 1.82. The highest BCUT2D eigenvalue weighted by Crippen LogP contribution is 2.28. The first-order valence-electron chi connectivity index (χ1n) is 6.30. The van der Waals surface area contributed by atoms with Gasteiger partial charge in [-0.3, -0.25) is 0 Å². The molecule has 2 N–H and O–H groups in total. The SMILES string of the molecule is NC1(CN2CCCCCC2)CCCC1. The van der Waals surface area contributed by atoms with Gasteiger partial charge in [0.25, 0.3) is 0 Å². The van der Waals surface area contributed by atoms with Crippen molar-refractivity contribution in [3.63, 3.8) is 0 Å². The molecule has 2 aliphatic rings. The van der Waals surface area contributed by atoms with E-state index in [0.29, 0.717) is 0 Å². The average molecular weight is 196 g/mol. The van der Waals surface area contributed by atoms with Gasteiger partial charge in [0.1, 0.15) is 0 Å². The van der Waals surface area contributed by atoms with Crippen molar-refractivity contribution in [1.82, 2.24) is 4.90 Å². The molecule has 0 bridgehead atoms. The molecular formula is C12H24N2. The molecule has 1 saturated carbocycles. The number of nitrogens with two attached hydrogens (primary N) is 1. The van der Waals surface area contributed by atoms with Crippen molar-refractivity contribution in [2.45, 2.75) is 56.9 Å². The normalized spacial score (nSPS) is 28.9. The minimum atomic E-state index is 0.171. The summed E-state index contributed by atoms with van der Waals surface area (Å²) in [6.45, 7) is 3.74. The van der Waals surface area contributed by atoms with Crippen LogP contribution in [-0.4, -0.2) is 30.1 Å². The number of nitrogens with zero attached hydrogens (tertiary/aromatic N) is 1. The third-order valence-electron chi connectivity index (χ3n) is 3.84. The molecule has 14 heavy (non-hydrogen) atoms. The van der Waals surface area contributed by atoms with E-state index < -0.39 is 0 Å². The van der Waals surface area contributed by atoms with Crippen LogP contribution >= 0.6 is 0 Å². The summed E-state index contributed by atoms with van der Waals surface area (Å²) in [6.07, 6.45) is 10.8. The fraction of sp³-hybridized carbons (Fsp3) is 1.00. The Morgan fingerprint density at radius 3 is 2.00 bits per heavy atom. The third-order valence-corrected chi connectivity index (χ3v) is 3.84. The van der Waals surface area contributed by atoms with E-state index in [0.717, 1.165) is 6.54 Å². The van der Waals surface area contributed by atoms with Crippen molar-refractivity contribution < 1.29 is 0 Å². The Bertz CT molecular complexity index is 165. The van der Waals surface area contributed by atoms with E-state index in [4.69, 9.17) is 5.73 Å². The molecule has 2 rings (SSSR count). The minimum Gasteiger partial charge on any atom is -0.324 e. The van der Waals surface area contributed by atoms with Gasteiger partial charge in [-0.15, -0.1) is 0 Å².